The van der Waals surface area contributed by atoms with E-state index in [4.69, 9.17) is 0 Å². The molecule has 0 spiro atoms. The van der Waals surface area contributed by atoms with Gasteiger partial charge in [-0.3, -0.25) is 4.79 Å². The molecule has 0 radical (unpaired) electrons. The normalized spacial score (nSPS) is 16.6. The van der Waals surface area contributed by atoms with Crippen LogP contribution in [0.5, 0.6) is 0 Å². The molecule has 0 heterocycles. The first-order valence-electron chi connectivity index (χ1n) is 5.72. The fourth-order valence-corrected chi connectivity index (χ4v) is 2.36. The van der Waals surface area contributed by atoms with E-state index in [1.807, 2.05) is 25.1 Å². The number of halogens is 1. The molecule has 1 aliphatic carbocycles. The molecule has 1 fully saturated rings. The van der Waals surface area contributed by atoms with Crippen LogP contribution in [-0.2, 0) is 0 Å². The molecule has 0 bridgehead atoms. The van der Waals surface area contributed by atoms with Gasteiger partial charge in [-0.25, -0.2) is 0 Å². The number of hydrogen-bond donors (Lipinski definition) is 2. The third-order valence-electron chi connectivity index (χ3n) is 3.35. The molecule has 0 saturated heterocycles. The summed E-state index contributed by atoms with van der Waals surface area (Å²) in [6.07, 6.45) is 2.02. The van der Waals surface area contributed by atoms with Crippen molar-refractivity contribution in [2.75, 3.05) is 13.2 Å². The topological polar surface area (TPSA) is 49.3 Å². The van der Waals surface area contributed by atoms with Crippen LogP contribution < -0.4 is 5.32 Å². The summed E-state index contributed by atoms with van der Waals surface area (Å²) in [5.74, 6) is -0.0437. The van der Waals surface area contributed by atoms with E-state index in [0.29, 0.717) is 6.54 Å². The third kappa shape index (κ3) is 2.80. The van der Waals surface area contributed by atoms with Crippen molar-refractivity contribution in [2.45, 2.75) is 19.8 Å². The minimum absolute atomic E-state index is 0.0368. The van der Waals surface area contributed by atoms with E-state index < -0.39 is 0 Å². The molecule has 1 aromatic rings. The summed E-state index contributed by atoms with van der Waals surface area (Å²) in [6.45, 7) is 2.74. The highest BCUT2D eigenvalue weighted by Crippen LogP contribution is 2.44. The second kappa shape index (κ2) is 4.94. The second-order valence-electron chi connectivity index (χ2n) is 4.78. The lowest BCUT2D eigenvalue weighted by Gasteiger charge is -2.13. The van der Waals surface area contributed by atoms with Gasteiger partial charge in [-0.1, -0.05) is 12.1 Å². The summed E-state index contributed by atoms with van der Waals surface area (Å²) in [5.41, 5.74) is 1.80. The number of amides is 1. The van der Waals surface area contributed by atoms with Gasteiger partial charge in [-0.15, -0.1) is 0 Å². The van der Waals surface area contributed by atoms with Crippen molar-refractivity contribution in [1.29, 1.82) is 0 Å². The molecule has 4 heteroatoms. The van der Waals surface area contributed by atoms with Gasteiger partial charge in [0.25, 0.3) is 5.91 Å². The van der Waals surface area contributed by atoms with Crippen LogP contribution in [0.25, 0.3) is 0 Å². The lowest BCUT2D eigenvalue weighted by Crippen LogP contribution is -2.32. The summed E-state index contributed by atoms with van der Waals surface area (Å²) >= 11 is 2.20. The molecule has 0 aromatic heterocycles. The molecule has 3 nitrogen and oxygen atoms in total. The first-order chi connectivity index (χ1) is 8.08. The standard InChI is InChI=1S/C13H16INO2/c1-9-3-2-4-10(11(9)14)12(17)15-7-13(8-16)5-6-13/h2-4,16H,5-8H2,1H3,(H,15,17). The Morgan fingerprint density at radius 3 is 2.82 bits per heavy atom. The van der Waals surface area contributed by atoms with Crippen LogP contribution in [0.3, 0.4) is 0 Å². The lowest BCUT2D eigenvalue weighted by atomic mass is 10.1. The maximum atomic E-state index is 12.0. The smallest absolute Gasteiger partial charge is 0.252 e. The second-order valence-corrected chi connectivity index (χ2v) is 5.86. The van der Waals surface area contributed by atoms with E-state index in [9.17, 15) is 9.90 Å². The SMILES string of the molecule is Cc1cccc(C(=O)NCC2(CO)CC2)c1I. The fraction of sp³-hybridized carbons (Fsp3) is 0.462. The summed E-state index contributed by atoms with van der Waals surface area (Å²) < 4.78 is 0.997. The molecular formula is C13H16INO2. The van der Waals surface area contributed by atoms with Gasteiger partial charge in [0.05, 0.1) is 12.2 Å². The number of carbonyl (C=O) groups is 1. The Morgan fingerprint density at radius 1 is 1.53 bits per heavy atom. The number of rotatable bonds is 4. The predicted molar refractivity (Wildman–Crippen MR) is 75.0 cm³/mol. The number of nitrogens with one attached hydrogen (secondary N) is 1. The van der Waals surface area contributed by atoms with Crippen molar-refractivity contribution in [2.24, 2.45) is 5.41 Å². The number of hydrogen-bond acceptors (Lipinski definition) is 2. The van der Waals surface area contributed by atoms with Gasteiger partial charge in [0.2, 0.25) is 0 Å². The van der Waals surface area contributed by atoms with Gasteiger partial charge < -0.3 is 10.4 Å². The number of aryl methyl sites for hydroxylation is 1. The Balaban J connectivity index is 2.02. The first-order valence-corrected chi connectivity index (χ1v) is 6.80. The first kappa shape index (κ1) is 12.8. The summed E-state index contributed by atoms with van der Waals surface area (Å²) in [4.78, 5) is 12.0. The van der Waals surface area contributed by atoms with Crippen molar-refractivity contribution in [1.82, 2.24) is 5.32 Å². The van der Waals surface area contributed by atoms with Gasteiger partial charge in [0.1, 0.15) is 0 Å². The molecule has 1 saturated carbocycles. The number of aliphatic hydroxyl groups is 1. The fourth-order valence-electron chi connectivity index (χ4n) is 1.75. The highest BCUT2D eigenvalue weighted by Gasteiger charge is 2.42. The van der Waals surface area contributed by atoms with Crippen molar-refractivity contribution in [3.63, 3.8) is 0 Å². The zero-order valence-corrected chi connectivity index (χ0v) is 12.0. The molecule has 2 N–H and O–H groups in total. The van der Waals surface area contributed by atoms with Gasteiger partial charge in [-0.2, -0.15) is 0 Å². The zero-order chi connectivity index (χ0) is 12.5. The van der Waals surface area contributed by atoms with Gasteiger partial charge in [-0.05, 0) is 54.0 Å². The van der Waals surface area contributed by atoms with E-state index >= 15 is 0 Å². The van der Waals surface area contributed by atoms with E-state index in [1.165, 1.54) is 0 Å². The molecule has 0 aliphatic heterocycles. The quantitative estimate of drug-likeness (QED) is 0.822. The summed E-state index contributed by atoms with van der Waals surface area (Å²) in [6, 6.07) is 5.72. The highest BCUT2D eigenvalue weighted by molar-refractivity contribution is 14.1. The molecule has 2 rings (SSSR count). The van der Waals surface area contributed by atoms with E-state index in [-0.39, 0.29) is 17.9 Å². The van der Waals surface area contributed by atoms with Gasteiger partial charge in [0.15, 0.2) is 0 Å². The molecule has 1 aromatic carbocycles. The molecule has 92 valence electrons. The molecule has 1 amide bonds. The lowest BCUT2D eigenvalue weighted by molar-refractivity contribution is 0.0934. The Bertz CT molecular complexity index is 441. The zero-order valence-electron chi connectivity index (χ0n) is 9.79. The summed E-state index contributed by atoms with van der Waals surface area (Å²) in [7, 11) is 0. The van der Waals surface area contributed by atoms with Crippen LogP contribution in [0.2, 0.25) is 0 Å². The molecule has 1 aliphatic rings. The van der Waals surface area contributed by atoms with Gasteiger partial charge in [0, 0.05) is 15.5 Å². The van der Waals surface area contributed by atoms with Crippen molar-refractivity contribution in [3.05, 3.63) is 32.9 Å². The Kier molecular flexibility index (Phi) is 3.73. The molecule has 0 atom stereocenters. The average molecular weight is 345 g/mol. The predicted octanol–water partition coefficient (Wildman–Crippen LogP) is 2.10. The third-order valence-corrected chi connectivity index (χ3v) is 4.78. The molecule has 0 unspecified atom stereocenters. The van der Waals surface area contributed by atoms with Crippen LogP contribution >= 0.6 is 22.6 Å². The van der Waals surface area contributed by atoms with Crippen LogP contribution in [0.1, 0.15) is 28.8 Å². The minimum atomic E-state index is -0.0437. The summed E-state index contributed by atoms with van der Waals surface area (Å²) in [5, 5.41) is 12.1. The largest absolute Gasteiger partial charge is 0.396 e. The Labute approximate surface area is 115 Å². The number of benzene rings is 1. The van der Waals surface area contributed by atoms with Crippen LogP contribution in [0.15, 0.2) is 18.2 Å². The van der Waals surface area contributed by atoms with Crippen molar-refractivity contribution >= 4 is 28.5 Å². The maximum Gasteiger partial charge on any atom is 0.252 e. The average Bonchev–Trinajstić information content (AvgIpc) is 3.10. The number of carbonyl (C=O) groups excluding carboxylic acids is 1. The Hall–Kier alpha value is -0.620. The van der Waals surface area contributed by atoms with E-state index in [2.05, 4.69) is 27.9 Å². The van der Waals surface area contributed by atoms with E-state index in [0.717, 1.165) is 27.5 Å². The minimum Gasteiger partial charge on any atom is -0.396 e. The van der Waals surface area contributed by atoms with Crippen molar-refractivity contribution < 1.29 is 9.90 Å². The van der Waals surface area contributed by atoms with Crippen LogP contribution in [0, 0.1) is 15.9 Å². The molecule has 17 heavy (non-hydrogen) atoms. The Morgan fingerprint density at radius 2 is 2.24 bits per heavy atom. The molecular weight excluding hydrogens is 329 g/mol. The monoisotopic (exact) mass is 345 g/mol. The van der Waals surface area contributed by atoms with Crippen LogP contribution in [0.4, 0.5) is 0 Å². The number of aliphatic hydroxyl groups excluding tert-OH is 1. The maximum absolute atomic E-state index is 12.0. The highest BCUT2D eigenvalue weighted by atomic mass is 127. The van der Waals surface area contributed by atoms with Crippen molar-refractivity contribution in [3.8, 4) is 0 Å². The van der Waals surface area contributed by atoms with E-state index in [1.54, 1.807) is 0 Å². The van der Waals surface area contributed by atoms with Crippen LogP contribution in [-0.4, -0.2) is 24.2 Å². The van der Waals surface area contributed by atoms with Gasteiger partial charge >= 0.3 is 0 Å².